The Morgan fingerprint density at radius 3 is 1.90 bits per heavy atom. The number of rotatable bonds is 5. The van der Waals surface area contributed by atoms with Gasteiger partial charge in [0.25, 0.3) is 0 Å². The number of carboxylic acids is 1. The van der Waals surface area contributed by atoms with E-state index < -0.39 is 11.9 Å². The summed E-state index contributed by atoms with van der Waals surface area (Å²) in [6, 6.07) is 10.0. The molecule has 4 rings (SSSR count). The number of carbonyl (C=O) groups is 2. The van der Waals surface area contributed by atoms with Crippen LogP contribution in [0.5, 0.6) is 0 Å². The molecule has 0 aliphatic heterocycles. The average Bonchev–Trinajstić information content (AvgIpc) is 3.46. The lowest BCUT2D eigenvalue weighted by molar-refractivity contribution is 0.0479. The predicted molar refractivity (Wildman–Crippen MR) is 102 cm³/mol. The van der Waals surface area contributed by atoms with Gasteiger partial charge in [0.1, 0.15) is 11.4 Å². The van der Waals surface area contributed by atoms with Gasteiger partial charge in [0.05, 0.1) is 6.61 Å². The molecule has 0 saturated heterocycles. The molecule has 4 aromatic rings. The molecule has 152 valence electrons. The standard InChI is InChI=1S/C11H10N2O3.C9H6N2O3/c1-2-15-11(14)10-6-9(13-16-10)8-4-3-5-12-7-8;12-9(13)8-4-7(11-14-8)6-2-1-3-10-5-6/h3-7H,2H2,1H3;1-5H,(H,12,13). The average molecular weight is 408 g/mol. The van der Waals surface area contributed by atoms with Crippen LogP contribution in [-0.4, -0.2) is 43.9 Å². The quantitative estimate of drug-likeness (QED) is 0.488. The molecule has 0 aliphatic carbocycles. The summed E-state index contributed by atoms with van der Waals surface area (Å²) in [5, 5.41) is 16.0. The topological polar surface area (TPSA) is 141 Å². The number of esters is 1. The van der Waals surface area contributed by atoms with Crippen LogP contribution < -0.4 is 0 Å². The molecule has 0 amide bonds. The highest BCUT2D eigenvalue weighted by atomic mass is 16.6. The van der Waals surface area contributed by atoms with Crippen molar-refractivity contribution in [2.75, 3.05) is 6.61 Å². The fourth-order valence-corrected chi connectivity index (χ4v) is 2.25. The van der Waals surface area contributed by atoms with Crippen molar-refractivity contribution in [3.05, 3.63) is 72.7 Å². The molecule has 30 heavy (non-hydrogen) atoms. The van der Waals surface area contributed by atoms with Gasteiger partial charge in [0.2, 0.25) is 11.5 Å². The monoisotopic (exact) mass is 408 g/mol. The van der Waals surface area contributed by atoms with Gasteiger partial charge in [-0.1, -0.05) is 10.3 Å². The Bertz CT molecular complexity index is 1110. The van der Waals surface area contributed by atoms with Gasteiger partial charge in [-0.05, 0) is 31.2 Å². The van der Waals surface area contributed by atoms with E-state index in [4.69, 9.17) is 14.4 Å². The minimum absolute atomic E-state index is 0.0979. The maximum Gasteiger partial charge on any atom is 0.377 e. The van der Waals surface area contributed by atoms with Crippen molar-refractivity contribution in [1.82, 2.24) is 20.3 Å². The van der Waals surface area contributed by atoms with E-state index in [0.29, 0.717) is 18.0 Å². The van der Waals surface area contributed by atoms with E-state index >= 15 is 0 Å². The Morgan fingerprint density at radius 2 is 1.47 bits per heavy atom. The zero-order chi connectivity index (χ0) is 21.3. The van der Waals surface area contributed by atoms with Crippen LogP contribution in [0.4, 0.5) is 0 Å². The van der Waals surface area contributed by atoms with Crippen molar-refractivity contribution in [2.24, 2.45) is 0 Å². The molecule has 4 heterocycles. The van der Waals surface area contributed by atoms with E-state index in [9.17, 15) is 9.59 Å². The van der Waals surface area contributed by atoms with E-state index in [1.165, 1.54) is 12.1 Å². The van der Waals surface area contributed by atoms with Gasteiger partial charge in [-0.3, -0.25) is 9.97 Å². The molecule has 10 heteroatoms. The number of aromatic carboxylic acids is 1. The van der Waals surface area contributed by atoms with Crippen molar-refractivity contribution in [1.29, 1.82) is 0 Å². The molecule has 0 spiro atoms. The van der Waals surface area contributed by atoms with Crippen LogP contribution in [0.2, 0.25) is 0 Å². The highest BCUT2D eigenvalue weighted by molar-refractivity contribution is 5.87. The molecular weight excluding hydrogens is 392 g/mol. The summed E-state index contributed by atoms with van der Waals surface area (Å²) < 4.78 is 14.3. The zero-order valence-electron chi connectivity index (χ0n) is 15.8. The second-order valence-electron chi connectivity index (χ2n) is 5.66. The first kappa shape index (κ1) is 20.4. The first-order valence-electron chi connectivity index (χ1n) is 8.73. The van der Waals surface area contributed by atoms with Gasteiger partial charge in [0.15, 0.2) is 0 Å². The maximum absolute atomic E-state index is 11.3. The third-order valence-electron chi connectivity index (χ3n) is 3.62. The number of carboxylic acid groups (broad SMARTS) is 1. The van der Waals surface area contributed by atoms with Gasteiger partial charge in [-0.15, -0.1) is 0 Å². The smallest absolute Gasteiger partial charge is 0.377 e. The third-order valence-corrected chi connectivity index (χ3v) is 3.62. The summed E-state index contributed by atoms with van der Waals surface area (Å²) >= 11 is 0. The SMILES string of the molecule is CCOC(=O)c1cc(-c2cccnc2)no1.O=C(O)c1cc(-c2cccnc2)no1. The second-order valence-corrected chi connectivity index (χ2v) is 5.66. The van der Waals surface area contributed by atoms with Crippen LogP contribution in [0.25, 0.3) is 22.5 Å². The molecule has 0 unspecified atom stereocenters. The molecular formula is C20H16N4O6. The van der Waals surface area contributed by atoms with Crippen LogP contribution >= 0.6 is 0 Å². The molecule has 0 atom stereocenters. The Kier molecular flexibility index (Phi) is 6.62. The Labute approximate surface area is 170 Å². The van der Waals surface area contributed by atoms with Gasteiger partial charge in [-0.25, -0.2) is 9.59 Å². The molecule has 0 saturated carbocycles. The normalized spacial score (nSPS) is 10.0. The van der Waals surface area contributed by atoms with Crippen molar-refractivity contribution in [2.45, 2.75) is 6.92 Å². The highest BCUT2D eigenvalue weighted by Gasteiger charge is 2.14. The number of nitrogens with zero attached hydrogens (tertiary/aromatic N) is 4. The van der Waals surface area contributed by atoms with Crippen molar-refractivity contribution >= 4 is 11.9 Å². The van der Waals surface area contributed by atoms with Gasteiger partial charge < -0.3 is 18.9 Å². The van der Waals surface area contributed by atoms with E-state index in [1.54, 1.807) is 49.9 Å². The Morgan fingerprint density at radius 1 is 0.933 bits per heavy atom. The molecule has 0 radical (unpaired) electrons. The number of aromatic nitrogens is 4. The fourth-order valence-electron chi connectivity index (χ4n) is 2.25. The highest BCUT2D eigenvalue weighted by Crippen LogP contribution is 2.18. The predicted octanol–water partition coefficient (Wildman–Crippen LogP) is 3.35. The van der Waals surface area contributed by atoms with Gasteiger partial charge >= 0.3 is 11.9 Å². The molecule has 10 nitrogen and oxygen atoms in total. The zero-order valence-corrected chi connectivity index (χ0v) is 15.8. The molecule has 0 bridgehead atoms. The molecule has 0 aromatic carbocycles. The Hall–Kier alpha value is -4.34. The number of ether oxygens (including phenoxy) is 1. The van der Waals surface area contributed by atoms with E-state index in [1.807, 2.05) is 6.07 Å². The van der Waals surface area contributed by atoms with E-state index in [-0.39, 0.29) is 11.5 Å². The number of carbonyl (C=O) groups excluding carboxylic acids is 1. The molecule has 0 fully saturated rings. The summed E-state index contributed by atoms with van der Waals surface area (Å²) in [5.41, 5.74) is 2.55. The van der Waals surface area contributed by atoms with E-state index in [0.717, 1.165) is 11.1 Å². The van der Waals surface area contributed by atoms with Crippen molar-refractivity contribution in [3.8, 4) is 22.5 Å². The maximum atomic E-state index is 11.3. The third kappa shape index (κ3) is 5.13. The Balaban J connectivity index is 0.000000172. The van der Waals surface area contributed by atoms with Crippen LogP contribution in [0, 0.1) is 0 Å². The first-order valence-corrected chi connectivity index (χ1v) is 8.73. The fraction of sp³-hybridized carbons (Fsp3) is 0.100. The summed E-state index contributed by atoms with van der Waals surface area (Å²) in [7, 11) is 0. The van der Waals surface area contributed by atoms with Crippen molar-refractivity contribution < 1.29 is 28.5 Å². The number of hydrogen-bond acceptors (Lipinski definition) is 9. The van der Waals surface area contributed by atoms with Crippen molar-refractivity contribution in [3.63, 3.8) is 0 Å². The molecule has 4 aromatic heterocycles. The largest absolute Gasteiger partial charge is 0.475 e. The number of hydrogen-bond donors (Lipinski definition) is 1. The summed E-state index contributed by atoms with van der Waals surface area (Å²) in [6.07, 6.45) is 6.52. The van der Waals surface area contributed by atoms with Crippen LogP contribution in [0.15, 0.2) is 70.2 Å². The lowest BCUT2D eigenvalue weighted by Crippen LogP contribution is -2.02. The lowest BCUT2D eigenvalue weighted by Gasteiger charge is -1.94. The summed E-state index contributed by atoms with van der Waals surface area (Å²) in [5.74, 6) is -1.72. The first-order chi connectivity index (χ1) is 14.6. The van der Waals surface area contributed by atoms with Gasteiger partial charge in [-0.2, -0.15) is 0 Å². The molecule has 0 aliphatic rings. The van der Waals surface area contributed by atoms with Crippen LogP contribution in [-0.2, 0) is 4.74 Å². The minimum atomic E-state index is -1.13. The minimum Gasteiger partial charge on any atom is -0.475 e. The second kappa shape index (κ2) is 9.73. The summed E-state index contributed by atoms with van der Waals surface area (Å²) in [4.78, 5) is 29.7. The summed E-state index contributed by atoms with van der Waals surface area (Å²) in [6.45, 7) is 2.04. The van der Waals surface area contributed by atoms with Gasteiger partial charge in [0, 0.05) is 48.0 Å². The molecule has 1 N–H and O–H groups in total. The number of pyridine rings is 2. The van der Waals surface area contributed by atoms with Crippen LogP contribution in [0.1, 0.15) is 28.0 Å². The lowest BCUT2D eigenvalue weighted by atomic mass is 10.2. The van der Waals surface area contributed by atoms with E-state index in [2.05, 4.69) is 24.8 Å². The van der Waals surface area contributed by atoms with Crippen LogP contribution in [0.3, 0.4) is 0 Å².